The molecule has 2 fully saturated rings. The highest BCUT2D eigenvalue weighted by atomic mass is 16.1. The summed E-state index contributed by atoms with van der Waals surface area (Å²) in [6, 6.07) is 14.6. The third-order valence-corrected chi connectivity index (χ3v) is 7.22. The van der Waals surface area contributed by atoms with Crippen LogP contribution in [0.2, 0.25) is 0 Å². The summed E-state index contributed by atoms with van der Waals surface area (Å²) < 4.78 is 2.12. The van der Waals surface area contributed by atoms with Gasteiger partial charge in [0, 0.05) is 43.4 Å². The monoisotopic (exact) mass is 387 g/mol. The summed E-state index contributed by atoms with van der Waals surface area (Å²) >= 11 is 0. The molecule has 0 spiro atoms. The Bertz CT molecular complexity index is 996. The molecule has 1 saturated heterocycles. The Kier molecular flexibility index (Phi) is 5.01. The molecule has 1 aromatic heterocycles. The van der Waals surface area contributed by atoms with E-state index in [1.54, 1.807) is 0 Å². The number of benzene rings is 1. The lowest BCUT2D eigenvalue weighted by atomic mass is 9.81. The zero-order valence-electron chi connectivity index (χ0n) is 17.0. The Morgan fingerprint density at radius 2 is 1.86 bits per heavy atom. The molecule has 29 heavy (non-hydrogen) atoms. The van der Waals surface area contributed by atoms with Crippen molar-refractivity contribution in [3.8, 4) is 6.07 Å². The van der Waals surface area contributed by atoms with Gasteiger partial charge in [0.25, 0.3) is 5.56 Å². The Labute approximate surface area is 172 Å². The standard InChI is InChI=1S/C25H29N3O/c26-13-18-5-4-6-19(11-18)14-27-15-20-12-22(17-27)24-10-9-23(25(29)28(24)16-20)21-7-2-1-3-8-21/h4-6,9-11,20-22H,1-3,7-8,12,14-17H2/t20-,22+/m0/s1. The van der Waals surface area contributed by atoms with E-state index in [2.05, 4.69) is 33.7 Å². The van der Waals surface area contributed by atoms with Crippen LogP contribution in [0.1, 0.15) is 72.7 Å². The fourth-order valence-corrected chi connectivity index (χ4v) is 5.91. The number of pyridine rings is 1. The first kappa shape index (κ1) is 18.6. The van der Waals surface area contributed by atoms with Crippen molar-refractivity contribution in [1.29, 1.82) is 5.26 Å². The van der Waals surface area contributed by atoms with Crippen molar-refractivity contribution in [2.45, 2.75) is 63.5 Å². The van der Waals surface area contributed by atoms with Gasteiger partial charge in [0.2, 0.25) is 0 Å². The second-order valence-electron chi connectivity index (χ2n) is 9.27. The van der Waals surface area contributed by atoms with Crippen molar-refractivity contribution >= 4 is 0 Å². The molecule has 1 aliphatic carbocycles. The molecule has 0 amide bonds. The van der Waals surface area contributed by atoms with Crippen molar-refractivity contribution in [3.63, 3.8) is 0 Å². The predicted octanol–water partition coefficient (Wildman–Crippen LogP) is 4.39. The van der Waals surface area contributed by atoms with Gasteiger partial charge < -0.3 is 4.57 Å². The Balaban J connectivity index is 1.37. The Hall–Kier alpha value is -2.38. The highest BCUT2D eigenvalue weighted by molar-refractivity contribution is 5.33. The maximum absolute atomic E-state index is 13.3. The van der Waals surface area contributed by atoms with Crippen molar-refractivity contribution in [1.82, 2.24) is 9.47 Å². The molecule has 2 aliphatic heterocycles. The summed E-state index contributed by atoms with van der Waals surface area (Å²) in [5.41, 5.74) is 4.53. The maximum Gasteiger partial charge on any atom is 0.254 e. The lowest BCUT2D eigenvalue weighted by Crippen LogP contribution is -2.47. The number of likely N-dealkylation sites (tertiary alicyclic amines) is 1. The first-order valence-corrected chi connectivity index (χ1v) is 11.2. The predicted molar refractivity (Wildman–Crippen MR) is 114 cm³/mol. The van der Waals surface area contributed by atoms with E-state index in [1.807, 2.05) is 18.2 Å². The van der Waals surface area contributed by atoms with Gasteiger partial charge in [0.1, 0.15) is 0 Å². The zero-order valence-corrected chi connectivity index (χ0v) is 17.0. The van der Waals surface area contributed by atoms with Crippen molar-refractivity contribution in [3.05, 3.63) is 69.1 Å². The van der Waals surface area contributed by atoms with Gasteiger partial charge in [-0.05, 0) is 54.9 Å². The first-order valence-electron chi connectivity index (χ1n) is 11.2. The van der Waals surface area contributed by atoms with E-state index < -0.39 is 0 Å². The average Bonchev–Trinajstić information content (AvgIpc) is 2.75. The van der Waals surface area contributed by atoms with E-state index in [-0.39, 0.29) is 0 Å². The smallest absolute Gasteiger partial charge is 0.254 e. The SMILES string of the molecule is N#Cc1cccc(CN2C[C@@H]3C[C@H](C2)c2ccc(C4CCCCC4)c(=O)n2C3)c1. The second-order valence-corrected chi connectivity index (χ2v) is 9.27. The molecule has 1 aromatic carbocycles. The lowest BCUT2D eigenvalue weighted by molar-refractivity contribution is 0.114. The summed E-state index contributed by atoms with van der Waals surface area (Å²) in [7, 11) is 0. The van der Waals surface area contributed by atoms with Crippen molar-refractivity contribution in [2.75, 3.05) is 13.1 Å². The van der Waals surface area contributed by atoms with E-state index in [1.165, 1.54) is 49.8 Å². The number of nitrogens with zero attached hydrogens (tertiary/aromatic N) is 3. The Morgan fingerprint density at radius 1 is 1.00 bits per heavy atom. The molecule has 1 saturated carbocycles. The van der Waals surface area contributed by atoms with Gasteiger partial charge >= 0.3 is 0 Å². The van der Waals surface area contributed by atoms with Crippen LogP contribution in [-0.4, -0.2) is 22.6 Å². The van der Waals surface area contributed by atoms with Crippen LogP contribution >= 0.6 is 0 Å². The zero-order chi connectivity index (χ0) is 19.8. The number of hydrogen-bond acceptors (Lipinski definition) is 3. The second kappa shape index (κ2) is 7.80. The minimum absolute atomic E-state index is 0.291. The molecule has 5 rings (SSSR count). The van der Waals surface area contributed by atoms with E-state index >= 15 is 0 Å². The highest BCUT2D eigenvalue weighted by Crippen LogP contribution is 2.37. The number of rotatable bonds is 3. The topological polar surface area (TPSA) is 49.0 Å². The normalized spacial score (nSPS) is 24.7. The molecule has 2 atom stereocenters. The molecule has 2 bridgehead atoms. The molecular weight excluding hydrogens is 358 g/mol. The number of hydrogen-bond donors (Lipinski definition) is 0. The van der Waals surface area contributed by atoms with E-state index in [9.17, 15) is 4.79 Å². The number of nitriles is 1. The van der Waals surface area contributed by atoms with E-state index in [0.717, 1.165) is 37.3 Å². The summed E-state index contributed by atoms with van der Waals surface area (Å²) in [5, 5.41) is 9.15. The molecular formula is C25H29N3O. The highest BCUT2D eigenvalue weighted by Gasteiger charge is 2.35. The summed E-state index contributed by atoms with van der Waals surface area (Å²) in [4.78, 5) is 15.8. The largest absolute Gasteiger partial charge is 0.312 e. The molecule has 0 unspecified atom stereocenters. The average molecular weight is 388 g/mol. The number of piperidine rings is 1. The molecule has 4 nitrogen and oxygen atoms in total. The maximum atomic E-state index is 13.3. The molecule has 0 N–H and O–H groups in total. The summed E-state index contributed by atoms with van der Waals surface area (Å²) in [6.45, 7) is 3.77. The van der Waals surface area contributed by atoms with Crippen LogP contribution in [0.5, 0.6) is 0 Å². The molecule has 0 radical (unpaired) electrons. The van der Waals surface area contributed by atoms with E-state index in [4.69, 9.17) is 5.26 Å². The van der Waals surface area contributed by atoms with Gasteiger partial charge in [-0.3, -0.25) is 9.69 Å². The third-order valence-electron chi connectivity index (χ3n) is 7.22. The first-order chi connectivity index (χ1) is 14.2. The van der Waals surface area contributed by atoms with Crippen LogP contribution in [0.3, 0.4) is 0 Å². The molecule has 3 aliphatic rings. The van der Waals surface area contributed by atoms with Crippen molar-refractivity contribution < 1.29 is 0 Å². The quantitative estimate of drug-likeness (QED) is 0.785. The fraction of sp³-hybridized carbons (Fsp3) is 0.520. The van der Waals surface area contributed by atoms with Gasteiger partial charge in [-0.2, -0.15) is 5.26 Å². The van der Waals surface area contributed by atoms with Gasteiger partial charge in [0.05, 0.1) is 11.6 Å². The van der Waals surface area contributed by atoms with Crippen LogP contribution in [0.4, 0.5) is 0 Å². The number of aromatic nitrogens is 1. The lowest BCUT2D eigenvalue weighted by Gasteiger charge is -2.43. The van der Waals surface area contributed by atoms with Gasteiger partial charge in [-0.15, -0.1) is 0 Å². The molecule has 4 heteroatoms. The minimum Gasteiger partial charge on any atom is -0.312 e. The summed E-state index contributed by atoms with van der Waals surface area (Å²) in [6.07, 6.45) is 7.39. The summed E-state index contributed by atoms with van der Waals surface area (Å²) in [5.74, 6) is 1.45. The van der Waals surface area contributed by atoms with Crippen LogP contribution in [0.15, 0.2) is 41.2 Å². The van der Waals surface area contributed by atoms with Crippen LogP contribution in [0, 0.1) is 17.2 Å². The Morgan fingerprint density at radius 3 is 2.69 bits per heavy atom. The van der Waals surface area contributed by atoms with E-state index in [0.29, 0.717) is 23.3 Å². The molecule has 2 aromatic rings. The molecule has 3 heterocycles. The molecule has 150 valence electrons. The fourth-order valence-electron chi connectivity index (χ4n) is 5.91. The van der Waals surface area contributed by atoms with Crippen LogP contribution in [-0.2, 0) is 13.1 Å². The van der Waals surface area contributed by atoms with Crippen molar-refractivity contribution in [2.24, 2.45) is 5.92 Å². The number of fused-ring (bicyclic) bond motifs is 4. The minimum atomic E-state index is 0.291. The van der Waals surface area contributed by atoms with Crippen LogP contribution in [0.25, 0.3) is 0 Å². The third kappa shape index (κ3) is 3.65. The van der Waals surface area contributed by atoms with Gasteiger partial charge in [-0.1, -0.05) is 37.5 Å². The van der Waals surface area contributed by atoms with Crippen LogP contribution < -0.4 is 5.56 Å². The van der Waals surface area contributed by atoms with Gasteiger partial charge in [0.15, 0.2) is 0 Å². The van der Waals surface area contributed by atoms with Gasteiger partial charge in [-0.25, -0.2) is 0 Å².